The standard InChI is InChI=1S/C17H20N2O4S/c1-12-11-16(21)19-17(18-12)24-10-9-22-7-8-23-15-5-3-14(4-6-15)13(2)20/h3-6,11H,7-10H2,1-2H3,(H,18,19,21). The summed E-state index contributed by atoms with van der Waals surface area (Å²) in [6.07, 6.45) is 0. The number of nitrogens with zero attached hydrogens (tertiary/aromatic N) is 1. The molecule has 1 heterocycles. The Morgan fingerprint density at radius 1 is 1.21 bits per heavy atom. The minimum Gasteiger partial charge on any atom is -0.491 e. The van der Waals surface area contributed by atoms with Gasteiger partial charge in [0.2, 0.25) is 0 Å². The van der Waals surface area contributed by atoms with E-state index in [1.165, 1.54) is 24.8 Å². The molecule has 0 spiro atoms. The molecular weight excluding hydrogens is 328 g/mol. The van der Waals surface area contributed by atoms with E-state index in [-0.39, 0.29) is 11.3 Å². The van der Waals surface area contributed by atoms with Gasteiger partial charge in [0.1, 0.15) is 12.4 Å². The van der Waals surface area contributed by atoms with Gasteiger partial charge in [0.05, 0.1) is 13.2 Å². The van der Waals surface area contributed by atoms with Crippen molar-refractivity contribution in [3.63, 3.8) is 0 Å². The lowest BCUT2D eigenvalue weighted by Gasteiger charge is -2.07. The van der Waals surface area contributed by atoms with Gasteiger partial charge in [-0.2, -0.15) is 0 Å². The van der Waals surface area contributed by atoms with Crippen molar-refractivity contribution in [3.05, 3.63) is 51.9 Å². The summed E-state index contributed by atoms with van der Waals surface area (Å²) in [4.78, 5) is 29.4. The van der Waals surface area contributed by atoms with Gasteiger partial charge in [-0.05, 0) is 38.1 Å². The van der Waals surface area contributed by atoms with Crippen molar-refractivity contribution in [2.45, 2.75) is 19.0 Å². The van der Waals surface area contributed by atoms with Gasteiger partial charge in [-0.1, -0.05) is 11.8 Å². The molecule has 128 valence electrons. The Balaban J connectivity index is 1.59. The molecule has 2 aromatic rings. The lowest BCUT2D eigenvalue weighted by atomic mass is 10.1. The van der Waals surface area contributed by atoms with Gasteiger partial charge in [0.15, 0.2) is 10.9 Å². The van der Waals surface area contributed by atoms with Gasteiger partial charge in [-0.15, -0.1) is 0 Å². The van der Waals surface area contributed by atoms with Gasteiger partial charge in [0, 0.05) is 23.1 Å². The van der Waals surface area contributed by atoms with Crippen LogP contribution in [0.3, 0.4) is 0 Å². The molecular formula is C17H20N2O4S. The van der Waals surface area contributed by atoms with Crippen molar-refractivity contribution in [1.82, 2.24) is 9.97 Å². The Kier molecular flexibility index (Phi) is 7.02. The zero-order valence-corrected chi connectivity index (χ0v) is 14.5. The van der Waals surface area contributed by atoms with Crippen molar-refractivity contribution in [1.29, 1.82) is 0 Å². The van der Waals surface area contributed by atoms with Gasteiger partial charge >= 0.3 is 0 Å². The number of hydrogen-bond donors (Lipinski definition) is 1. The number of ketones is 1. The molecule has 1 N–H and O–H groups in total. The summed E-state index contributed by atoms with van der Waals surface area (Å²) in [6.45, 7) is 4.76. The molecule has 0 fully saturated rings. The first-order chi connectivity index (χ1) is 11.5. The molecule has 0 atom stereocenters. The molecule has 0 aliphatic heterocycles. The summed E-state index contributed by atoms with van der Waals surface area (Å²) in [5.41, 5.74) is 1.22. The molecule has 0 saturated carbocycles. The first-order valence-electron chi connectivity index (χ1n) is 7.57. The summed E-state index contributed by atoms with van der Waals surface area (Å²) < 4.78 is 11.0. The average Bonchev–Trinajstić information content (AvgIpc) is 2.53. The minimum atomic E-state index is -0.143. The number of hydrogen-bond acceptors (Lipinski definition) is 6. The Morgan fingerprint density at radius 3 is 2.62 bits per heavy atom. The third kappa shape index (κ3) is 6.17. The number of aromatic amines is 1. The lowest BCUT2D eigenvalue weighted by molar-refractivity contribution is 0.101. The molecule has 0 saturated heterocycles. The van der Waals surface area contributed by atoms with Crippen LogP contribution in [0.4, 0.5) is 0 Å². The van der Waals surface area contributed by atoms with E-state index in [2.05, 4.69) is 9.97 Å². The number of nitrogens with one attached hydrogen (secondary N) is 1. The quantitative estimate of drug-likeness (QED) is 0.324. The smallest absolute Gasteiger partial charge is 0.251 e. The summed E-state index contributed by atoms with van der Waals surface area (Å²) >= 11 is 1.44. The van der Waals surface area contributed by atoms with Crippen molar-refractivity contribution >= 4 is 17.5 Å². The highest BCUT2D eigenvalue weighted by Gasteiger charge is 2.01. The van der Waals surface area contributed by atoms with E-state index in [1.54, 1.807) is 31.2 Å². The Hall–Kier alpha value is -2.12. The summed E-state index contributed by atoms with van der Waals surface area (Å²) in [5, 5.41) is 0.602. The molecule has 0 aliphatic carbocycles. The third-order valence-electron chi connectivity index (χ3n) is 3.07. The molecule has 0 aliphatic rings. The Bertz CT molecular complexity index is 728. The largest absolute Gasteiger partial charge is 0.491 e. The van der Waals surface area contributed by atoms with E-state index in [0.717, 1.165) is 0 Å². The highest BCUT2D eigenvalue weighted by Crippen LogP contribution is 2.13. The van der Waals surface area contributed by atoms with Crippen LogP contribution in [0.25, 0.3) is 0 Å². The van der Waals surface area contributed by atoms with Crippen molar-refractivity contribution in [2.75, 3.05) is 25.6 Å². The van der Waals surface area contributed by atoms with Crippen molar-refractivity contribution in [2.24, 2.45) is 0 Å². The first-order valence-corrected chi connectivity index (χ1v) is 8.55. The number of benzene rings is 1. The maximum Gasteiger partial charge on any atom is 0.251 e. The zero-order valence-electron chi connectivity index (χ0n) is 13.7. The monoisotopic (exact) mass is 348 g/mol. The van der Waals surface area contributed by atoms with Crippen LogP contribution in [0.5, 0.6) is 5.75 Å². The molecule has 0 radical (unpaired) electrons. The highest BCUT2D eigenvalue weighted by atomic mass is 32.2. The fourth-order valence-electron chi connectivity index (χ4n) is 1.92. The number of Topliss-reactive ketones (excluding diaryl/α,β-unsaturated/α-hetero) is 1. The number of aromatic nitrogens is 2. The van der Waals surface area contributed by atoms with Gasteiger partial charge in [0.25, 0.3) is 5.56 Å². The molecule has 6 nitrogen and oxygen atoms in total. The Morgan fingerprint density at radius 2 is 1.96 bits per heavy atom. The van der Waals surface area contributed by atoms with E-state index >= 15 is 0 Å². The molecule has 7 heteroatoms. The Labute approximate surface area is 144 Å². The van der Waals surface area contributed by atoms with E-state index in [1.807, 2.05) is 0 Å². The number of carbonyl (C=O) groups excluding carboxylic acids is 1. The fraction of sp³-hybridized carbons (Fsp3) is 0.353. The van der Waals surface area contributed by atoms with Crippen molar-refractivity contribution in [3.8, 4) is 5.75 Å². The van der Waals surface area contributed by atoms with Crippen molar-refractivity contribution < 1.29 is 14.3 Å². The van der Waals surface area contributed by atoms with Gasteiger partial charge in [-0.3, -0.25) is 9.59 Å². The number of H-pyrrole nitrogens is 1. The fourth-order valence-corrected chi connectivity index (χ4v) is 2.70. The first kappa shape index (κ1) is 18.2. The third-order valence-corrected chi connectivity index (χ3v) is 3.91. The lowest BCUT2D eigenvalue weighted by Crippen LogP contribution is -2.10. The van der Waals surface area contributed by atoms with Crippen LogP contribution >= 0.6 is 11.8 Å². The molecule has 24 heavy (non-hydrogen) atoms. The molecule has 0 unspecified atom stereocenters. The number of aryl methyl sites for hydroxylation is 1. The normalized spacial score (nSPS) is 10.6. The minimum absolute atomic E-state index is 0.0341. The molecule has 1 aromatic heterocycles. The van der Waals surface area contributed by atoms with Crippen LogP contribution in [-0.4, -0.2) is 41.3 Å². The number of ether oxygens (including phenoxy) is 2. The molecule has 0 amide bonds. The van der Waals surface area contributed by atoms with Gasteiger partial charge < -0.3 is 14.5 Å². The maximum atomic E-state index is 11.3. The van der Waals surface area contributed by atoms with E-state index in [4.69, 9.17) is 9.47 Å². The number of carbonyl (C=O) groups is 1. The average molecular weight is 348 g/mol. The molecule has 2 rings (SSSR count). The molecule has 0 bridgehead atoms. The van der Waals surface area contributed by atoms with E-state index in [0.29, 0.717) is 47.7 Å². The highest BCUT2D eigenvalue weighted by molar-refractivity contribution is 7.99. The van der Waals surface area contributed by atoms with Crippen LogP contribution in [0, 0.1) is 6.92 Å². The van der Waals surface area contributed by atoms with E-state index in [9.17, 15) is 9.59 Å². The van der Waals surface area contributed by atoms with Crippen LogP contribution < -0.4 is 10.3 Å². The second-order valence-corrected chi connectivity index (χ2v) is 6.17. The van der Waals surface area contributed by atoms with E-state index < -0.39 is 0 Å². The van der Waals surface area contributed by atoms with Crippen LogP contribution in [0.15, 0.2) is 40.3 Å². The zero-order chi connectivity index (χ0) is 17.4. The predicted molar refractivity (Wildman–Crippen MR) is 93.1 cm³/mol. The summed E-state index contributed by atoms with van der Waals surface area (Å²) in [5.74, 6) is 1.44. The topological polar surface area (TPSA) is 81.3 Å². The summed E-state index contributed by atoms with van der Waals surface area (Å²) in [7, 11) is 0. The SMILES string of the molecule is CC(=O)c1ccc(OCCOCCSc2nc(C)cc(=O)[nH]2)cc1. The number of rotatable bonds is 9. The van der Waals surface area contributed by atoms with Gasteiger partial charge in [-0.25, -0.2) is 4.98 Å². The van der Waals surface area contributed by atoms with Crippen LogP contribution in [0.1, 0.15) is 23.0 Å². The molecule has 1 aromatic carbocycles. The van der Waals surface area contributed by atoms with Crippen LogP contribution in [0.2, 0.25) is 0 Å². The number of thioether (sulfide) groups is 1. The second kappa shape index (κ2) is 9.24. The maximum absolute atomic E-state index is 11.3. The summed E-state index contributed by atoms with van der Waals surface area (Å²) in [6, 6.07) is 8.48. The van der Waals surface area contributed by atoms with Crippen LogP contribution in [-0.2, 0) is 4.74 Å². The predicted octanol–water partition coefficient (Wildman–Crippen LogP) is 2.47. The second-order valence-electron chi connectivity index (χ2n) is 5.08.